The molecule has 0 bridgehead atoms. The van der Waals surface area contributed by atoms with Crippen LogP contribution in [0, 0.1) is 15.9 Å². The summed E-state index contributed by atoms with van der Waals surface area (Å²) >= 11 is 0. The topological polar surface area (TPSA) is 121 Å². The molecule has 0 aliphatic rings. The first-order valence-electron chi connectivity index (χ1n) is 5.50. The fourth-order valence-electron chi connectivity index (χ4n) is 1.52. The quantitative estimate of drug-likeness (QED) is 0.527. The van der Waals surface area contributed by atoms with Crippen molar-refractivity contribution in [1.82, 2.24) is 4.31 Å². The van der Waals surface area contributed by atoms with Gasteiger partial charge in [-0.1, -0.05) is 0 Å². The summed E-state index contributed by atoms with van der Waals surface area (Å²) in [6, 6.07) is 2.13. The van der Waals surface area contributed by atoms with Crippen molar-refractivity contribution in [3.63, 3.8) is 0 Å². The number of aliphatic hydroxyl groups excluding tert-OH is 2. The molecule has 0 saturated heterocycles. The summed E-state index contributed by atoms with van der Waals surface area (Å²) in [5.41, 5.74) is -0.571. The standard InChI is InChI=1S/C10H13FN2O6S/c11-9-2-1-8(13(16)17)7-10(9)20(18,19)12(3-5-14)4-6-15/h1-2,7,14-15H,3-6H2. The monoisotopic (exact) mass is 308 g/mol. The van der Waals surface area contributed by atoms with Gasteiger partial charge in [-0.05, 0) is 6.07 Å². The number of sulfonamides is 1. The van der Waals surface area contributed by atoms with E-state index in [2.05, 4.69) is 0 Å². The number of rotatable bonds is 7. The number of non-ortho nitro benzene ring substituents is 1. The Morgan fingerprint density at radius 1 is 1.25 bits per heavy atom. The molecule has 0 atom stereocenters. The number of hydrogen-bond donors (Lipinski definition) is 2. The Bertz CT molecular complexity index is 585. The van der Waals surface area contributed by atoms with Crippen molar-refractivity contribution < 1.29 is 27.9 Å². The Morgan fingerprint density at radius 2 is 1.80 bits per heavy atom. The van der Waals surface area contributed by atoms with Gasteiger partial charge in [0.2, 0.25) is 10.0 Å². The second-order valence-corrected chi connectivity index (χ2v) is 5.63. The van der Waals surface area contributed by atoms with Crippen LogP contribution in [0.25, 0.3) is 0 Å². The van der Waals surface area contributed by atoms with E-state index in [-0.39, 0.29) is 13.1 Å². The molecular weight excluding hydrogens is 295 g/mol. The number of halogens is 1. The molecule has 0 aliphatic heterocycles. The van der Waals surface area contributed by atoms with Crippen LogP contribution in [0.4, 0.5) is 10.1 Å². The number of hydrogen-bond acceptors (Lipinski definition) is 6. The number of nitro benzene ring substituents is 1. The maximum absolute atomic E-state index is 13.6. The first-order valence-corrected chi connectivity index (χ1v) is 6.94. The largest absolute Gasteiger partial charge is 0.395 e. The molecule has 0 radical (unpaired) electrons. The minimum Gasteiger partial charge on any atom is -0.395 e. The zero-order valence-corrected chi connectivity index (χ0v) is 11.1. The number of nitrogens with zero attached hydrogens (tertiary/aromatic N) is 2. The second-order valence-electron chi connectivity index (χ2n) is 3.72. The van der Waals surface area contributed by atoms with Crippen LogP contribution in [-0.2, 0) is 10.0 Å². The minimum absolute atomic E-state index is 0.356. The first-order chi connectivity index (χ1) is 9.34. The first kappa shape index (κ1) is 16.4. The number of nitro groups is 1. The van der Waals surface area contributed by atoms with Crippen LogP contribution < -0.4 is 0 Å². The Morgan fingerprint density at radius 3 is 2.25 bits per heavy atom. The molecule has 1 aromatic rings. The summed E-state index contributed by atoms with van der Waals surface area (Å²) in [5, 5.41) is 28.2. The lowest BCUT2D eigenvalue weighted by molar-refractivity contribution is -0.385. The van der Waals surface area contributed by atoms with Gasteiger partial charge in [-0.15, -0.1) is 0 Å². The molecule has 1 aromatic carbocycles. The van der Waals surface area contributed by atoms with Gasteiger partial charge >= 0.3 is 0 Å². The molecule has 0 unspecified atom stereocenters. The maximum atomic E-state index is 13.6. The Kier molecular flexibility index (Phi) is 5.51. The fraction of sp³-hybridized carbons (Fsp3) is 0.400. The van der Waals surface area contributed by atoms with Gasteiger partial charge in [0.05, 0.1) is 18.1 Å². The van der Waals surface area contributed by atoms with E-state index < -0.39 is 44.6 Å². The molecule has 112 valence electrons. The normalized spacial score (nSPS) is 11.8. The van der Waals surface area contributed by atoms with Gasteiger partial charge in [0.15, 0.2) is 0 Å². The SMILES string of the molecule is O=[N+]([O-])c1ccc(F)c(S(=O)(=O)N(CCO)CCO)c1. The van der Waals surface area contributed by atoms with Gasteiger partial charge in [0.25, 0.3) is 5.69 Å². The third-order valence-electron chi connectivity index (χ3n) is 2.44. The van der Waals surface area contributed by atoms with E-state index in [1.54, 1.807) is 0 Å². The molecule has 0 aromatic heterocycles. The van der Waals surface area contributed by atoms with E-state index in [4.69, 9.17) is 10.2 Å². The van der Waals surface area contributed by atoms with Crippen molar-refractivity contribution in [2.75, 3.05) is 26.3 Å². The van der Waals surface area contributed by atoms with Crippen LogP contribution in [0.1, 0.15) is 0 Å². The molecule has 2 N–H and O–H groups in total. The molecule has 0 amide bonds. The number of benzene rings is 1. The molecule has 1 rings (SSSR count). The summed E-state index contributed by atoms with van der Waals surface area (Å²) in [6.45, 7) is -1.78. The fourth-order valence-corrected chi connectivity index (χ4v) is 3.02. The average molecular weight is 308 g/mol. The zero-order valence-electron chi connectivity index (χ0n) is 10.3. The molecule has 10 heteroatoms. The highest BCUT2D eigenvalue weighted by molar-refractivity contribution is 7.89. The van der Waals surface area contributed by atoms with Gasteiger partial charge in [0, 0.05) is 25.2 Å². The lowest BCUT2D eigenvalue weighted by Crippen LogP contribution is -2.36. The van der Waals surface area contributed by atoms with E-state index in [0.717, 1.165) is 6.07 Å². The second kappa shape index (κ2) is 6.70. The average Bonchev–Trinajstić information content (AvgIpc) is 2.38. The predicted molar refractivity (Wildman–Crippen MR) is 66.0 cm³/mol. The predicted octanol–water partition coefficient (Wildman–Crippen LogP) is -0.291. The highest BCUT2D eigenvalue weighted by Crippen LogP contribution is 2.24. The van der Waals surface area contributed by atoms with Crippen molar-refractivity contribution in [3.05, 3.63) is 34.1 Å². The molecule has 0 saturated carbocycles. The van der Waals surface area contributed by atoms with Crippen molar-refractivity contribution in [2.24, 2.45) is 0 Å². The van der Waals surface area contributed by atoms with Crippen LogP contribution in [0.15, 0.2) is 23.1 Å². The van der Waals surface area contributed by atoms with E-state index in [0.29, 0.717) is 16.4 Å². The van der Waals surface area contributed by atoms with E-state index in [9.17, 15) is 22.9 Å². The molecule has 20 heavy (non-hydrogen) atoms. The molecule has 0 spiro atoms. The Hall–Kier alpha value is -1.62. The molecular formula is C10H13FN2O6S. The summed E-state index contributed by atoms with van der Waals surface area (Å²) in [6.07, 6.45) is 0. The van der Waals surface area contributed by atoms with Crippen molar-refractivity contribution in [3.8, 4) is 0 Å². The third kappa shape index (κ3) is 3.48. The van der Waals surface area contributed by atoms with Crippen molar-refractivity contribution in [1.29, 1.82) is 0 Å². The van der Waals surface area contributed by atoms with Crippen LogP contribution in [0.3, 0.4) is 0 Å². The van der Waals surface area contributed by atoms with Crippen molar-refractivity contribution in [2.45, 2.75) is 4.90 Å². The van der Waals surface area contributed by atoms with Gasteiger partial charge in [-0.3, -0.25) is 10.1 Å². The zero-order chi connectivity index (χ0) is 15.3. The van der Waals surface area contributed by atoms with Crippen LogP contribution in [-0.4, -0.2) is 54.2 Å². The molecule has 0 heterocycles. The number of aliphatic hydroxyl groups is 2. The minimum atomic E-state index is -4.38. The van der Waals surface area contributed by atoms with Gasteiger partial charge in [0.1, 0.15) is 10.7 Å². The summed E-state index contributed by atoms with van der Waals surface area (Å²) in [4.78, 5) is 8.89. The lowest BCUT2D eigenvalue weighted by atomic mass is 10.3. The summed E-state index contributed by atoms with van der Waals surface area (Å²) < 4.78 is 38.6. The Balaban J connectivity index is 3.32. The van der Waals surface area contributed by atoms with E-state index >= 15 is 0 Å². The van der Waals surface area contributed by atoms with Gasteiger partial charge in [-0.2, -0.15) is 4.31 Å². The van der Waals surface area contributed by atoms with E-state index in [1.807, 2.05) is 0 Å². The summed E-state index contributed by atoms with van der Waals surface area (Å²) in [7, 11) is -4.38. The molecule has 8 nitrogen and oxygen atoms in total. The van der Waals surface area contributed by atoms with Gasteiger partial charge in [-0.25, -0.2) is 12.8 Å². The molecule has 0 aliphatic carbocycles. The Labute approximate surface area is 114 Å². The van der Waals surface area contributed by atoms with Crippen LogP contribution >= 0.6 is 0 Å². The van der Waals surface area contributed by atoms with Crippen molar-refractivity contribution >= 4 is 15.7 Å². The highest BCUT2D eigenvalue weighted by Gasteiger charge is 2.28. The smallest absolute Gasteiger partial charge is 0.270 e. The maximum Gasteiger partial charge on any atom is 0.270 e. The third-order valence-corrected chi connectivity index (χ3v) is 4.36. The lowest BCUT2D eigenvalue weighted by Gasteiger charge is -2.20. The summed E-state index contributed by atoms with van der Waals surface area (Å²) in [5.74, 6) is -1.14. The van der Waals surface area contributed by atoms with Gasteiger partial charge < -0.3 is 10.2 Å². The van der Waals surface area contributed by atoms with Crippen LogP contribution in [0.2, 0.25) is 0 Å². The molecule has 0 fully saturated rings. The van der Waals surface area contributed by atoms with Crippen LogP contribution in [0.5, 0.6) is 0 Å². The highest BCUT2D eigenvalue weighted by atomic mass is 32.2. The van der Waals surface area contributed by atoms with E-state index in [1.165, 1.54) is 0 Å².